The lowest BCUT2D eigenvalue weighted by atomic mass is 9.82. The Kier molecular flexibility index (Phi) is 12.1. The van der Waals surface area contributed by atoms with Crippen LogP contribution in [0, 0.1) is 23.7 Å². The van der Waals surface area contributed by atoms with Crippen molar-refractivity contribution in [3.63, 3.8) is 0 Å². The molecule has 1 aromatic carbocycles. The molecule has 1 aromatic rings. The highest BCUT2D eigenvalue weighted by atomic mass is 32.2. The minimum atomic E-state index is -3.69. The number of nitrogens with zero attached hydrogens (tertiary/aromatic N) is 1. The molecule has 9 heteroatoms. The van der Waals surface area contributed by atoms with E-state index in [0.717, 1.165) is 29.1 Å². The zero-order valence-electron chi connectivity index (χ0n) is 22.2. The van der Waals surface area contributed by atoms with E-state index in [2.05, 4.69) is 5.43 Å². The van der Waals surface area contributed by atoms with Crippen molar-refractivity contribution in [3.8, 4) is 0 Å². The Morgan fingerprint density at radius 1 is 1.11 bits per heavy atom. The van der Waals surface area contributed by atoms with E-state index in [1.807, 2.05) is 70.2 Å². The molecule has 1 fully saturated rings. The van der Waals surface area contributed by atoms with Crippen molar-refractivity contribution in [2.45, 2.75) is 66.1 Å². The number of allylic oxidation sites excluding steroid dienone is 1. The molecule has 0 aromatic heterocycles. The van der Waals surface area contributed by atoms with E-state index < -0.39 is 40.0 Å². The third kappa shape index (κ3) is 10.4. The van der Waals surface area contributed by atoms with Gasteiger partial charge in [0.2, 0.25) is 22.2 Å². The van der Waals surface area contributed by atoms with Crippen LogP contribution in [0.5, 0.6) is 0 Å². The number of nitrogens with one attached hydrogen (secondary N) is 1. The normalized spacial score (nSPS) is 18.5. The number of hydrogen-bond donors (Lipinski definition) is 1. The number of ether oxygens (including phenoxy) is 2. The molecule has 36 heavy (non-hydrogen) atoms. The Bertz CT molecular complexity index is 956. The molecular formula is C27H42N2O6S. The average Bonchev–Trinajstić information content (AvgIpc) is 2.80. The van der Waals surface area contributed by atoms with Gasteiger partial charge in [-0.15, -0.1) is 4.41 Å². The van der Waals surface area contributed by atoms with Crippen molar-refractivity contribution in [3.05, 3.63) is 42.0 Å². The minimum absolute atomic E-state index is 0.00147. The molecule has 1 aliphatic heterocycles. The summed E-state index contributed by atoms with van der Waals surface area (Å²) in [5, 5.41) is 0. The number of sulfonamides is 1. The summed E-state index contributed by atoms with van der Waals surface area (Å²) in [6.07, 6.45) is 7.33. The van der Waals surface area contributed by atoms with Crippen LogP contribution in [0.25, 0.3) is 6.08 Å². The average molecular weight is 523 g/mol. The quantitative estimate of drug-likeness (QED) is 0.305. The van der Waals surface area contributed by atoms with Gasteiger partial charge in [0.15, 0.2) is 0 Å². The second kappa shape index (κ2) is 14.5. The van der Waals surface area contributed by atoms with Gasteiger partial charge in [0.1, 0.15) is 0 Å². The number of hydrazine groups is 1. The Morgan fingerprint density at radius 3 is 2.36 bits per heavy atom. The first-order chi connectivity index (χ1) is 17.0. The number of amides is 1. The van der Waals surface area contributed by atoms with Crippen LogP contribution < -0.4 is 5.43 Å². The van der Waals surface area contributed by atoms with E-state index in [0.29, 0.717) is 19.4 Å². The first-order valence-corrected chi connectivity index (χ1v) is 14.6. The van der Waals surface area contributed by atoms with Crippen molar-refractivity contribution in [1.29, 1.82) is 0 Å². The minimum Gasteiger partial charge on any atom is -0.436 e. The Balaban J connectivity index is 2.31. The van der Waals surface area contributed by atoms with E-state index in [4.69, 9.17) is 9.47 Å². The lowest BCUT2D eigenvalue weighted by molar-refractivity contribution is -0.193. The van der Waals surface area contributed by atoms with Gasteiger partial charge in [-0.3, -0.25) is 15.0 Å². The van der Waals surface area contributed by atoms with Crippen molar-refractivity contribution in [2.75, 3.05) is 19.4 Å². The summed E-state index contributed by atoms with van der Waals surface area (Å²) in [7, 11) is -3.69. The van der Waals surface area contributed by atoms with Gasteiger partial charge in [-0.1, -0.05) is 70.2 Å². The van der Waals surface area contributed by atoms with Gasteiger partial charge < -0.3 is 9.47 Å². The fourth-order valence-electron chi connectivity index (χ4n) is 4.12. The van der Waals surface area contributed by atoms with Crippen molar-refractivity contribution in [2.24, 2.45) is 23.7 Å². The topological polar surface area (TPSA) is 102 Å². The number of hydrogen-bond acceptors (Lipinski definition) is 6. The zero-order chi connectivity index (χ0) is 26.7. The molecule has 0 spiro atoms. The van der Waals surface area contributed by atoms with Gasteiger partial charge in [0.25, 0.3) is 0 Å². The molecule has 0 bridgehead atoms. The van der Waals surface area contributed by atoms with Gasteiger partial charge in [-0.05, 0) is 43.1 Å². The Morgan fingerprint density at radius 2 is 1.81 bits per heavy atom. The summed E-state index contributed by atoms with van der Waals surface area (Å²) in [6.45, 7) is 8.34. The van der Waals surface area contributed by atoms with Crippen LogP contribution in [-0.2, 0) is 29.1 Å². The molecule has 1 amide bonds. The van der Waals surface area contributed by atoms with Gasteiger partial charge in [-0.25, -0.2) is 8.42 Å². The molecule has 2 rings (SSSR count). The van der Waals surface area contributed by atoms with Crippen LogP contribution in [0.15, 0.2) is 36.4 Å². The van der Waals surface area contributed by atoms with E-state index in [9.17, 15) is 18.0 Å². The summed E-state index contributed by atoms with van der Waals surface area (Å²) >= 11 is 0. The Labute approximate surface area is 216 Å². The molecule has 0 radical (unpaired) electrons. The summed E-state index contributed by atoms with van der Waals surface area (Å²) in [6, 6.07) is 9.68. The predicted molar refractivity (Wildman–Crippen MR) is 141 cm³/mol. The van der Waals surface area contributed by atoms with Gasteiger partial charge in [0, 0.05) is 13.0 Å². The van der Waals surface area contributed by atoms with Crippen LogP contribution in [0.1, 0.15) is 65.4 Å². The fraction of sp³-hybridized carbons (Fsp3) is 0.630. The van der Waals surface area contributed by atoms with E-state index in [-0.39, 0.29) is 24.8 Å². The number of carbonyl (C=O) groups excluding carboxylic acids is 2. The third-order valence-electron chi connectivity index (χ3n) is 5.90. The van der Waals surface area contributed by atoms with Crippen LogP contribution in [-0.4, -0.2) is 50.4 Å². The van der Waals surface area contributed by atoms with E-state index in [1.54, 1.807) is 0 Å². The molecule has 0 aliphatic carbocycles. The summed E-state index contributed by atoms with van der Waals surface area (Å²) in [5.41, 5.74) is 3.56. The smallest absolute Gasteiger partial charge is 0.312 e. The number of esters is 1. The monoisotopic (exact) mass is 522 g/mol. The summed E-state index contributed by atoms with van der Waals surface area (Å²) in [5.74, 6) is -2.49. The van der Waals surface area contributed by atoms with Gasteiger partial charge >= 0.3 is 5.97 Å². The van der Waals surface area contributed by atoms with Crippen molar-refractivity contribution in [1.82, 2.24) is 9.84 Å². The first kappa shape index (κ1) is 30.0. The highest BCUT2D eigenvalue weighted by Gasteiger charge is 2.37. The SMILES string of the molecule is CC(C)C[C@@H](C(=O)NN(CC(C)C)S(C)(=O)=O)[C@H](C/C=C\c1ccccc1)C(=O)OC1CCCCO1. The standard InChI is InChI=1S/C27H42N2O6S/c1-20(2)18-24(26(30)28-29(19-21(3)4)36(5,32)33)23(15-11-14-22-12-7-6-8-13-22)27(31)35-25-16-9-10-17-34-25/h6-8,11-14,20-21,23-25H,9-10,15-19H2,1-5H3,(H,28,30)/b14-11-/t23-,24+,25?/m0/s1. The first-order valence-electron chi connectivity index (χ1n) is 12.8. The molecule has 1 aliphatic rings. The highest BCUT2D eigenvalue weighted by molar-refractivity contribution is 7.88. The fourth-order valence-corrected chi connectivity index (χ4v) is 4.95. The van der Waals surface area contributed by atoms with Gasteiger partial charge in [-0.2, -0.15) is 0 Å². The molecule has 202 valence electrons. The molecule has 8 nitrogen and oxygen atoms in total. The molecule has 1 unspecified atom stereocenters. The zero-order valence-corrected chi connectivity index (χ0v) is 23.0. The van der Waals surface area contributed by atoms with Crippen LogP contribution in [0.2, 0.25) is 0 Å². The molecule has 1 saturated heterocycles. The second-order valence-electron chi connectivity index (χ2n) is 10.3. The second-order valence-corrected chi connectivity index (χ2v) is 12.2. The number of carbonyl (C=O) groups is 2. The maximum Gasteiger partial charge on any atom is 0.312 e. The summed E-state index contributed by atoms with van der Waals surface area (Å²) in [4.78, 5) is 26.9. The Hall–Kier alpha value is -2.23. The van der Waals surface area contributed by atoms with Crippen LogP contribution in [0.3, 0.4) is 0 Å². The maximum absolute atomic E-state index is 13.5. The lowest BCUT2D eigenvalue weighted by Gasteiger charge is -2.31. The maximum atomic E-state index is 13.5. The van der Waals surface area contributed by atoms with E-state index in [1.165, 1.54) is 0 Å². The molecule has 1 N–H and O–H groups in total. The third-order valence-corrected chi connectivity index (χ3v) is 6.94. The van der Waals surface area contributed by atoms with Gasteiger partial charge in [0.05, 0.1) is 24.7 Å². The molecular weight excluding hydrogens is 480 g/mol. The van der Waals surface area contributed by atoms with Crippen molar-refractivity contribution >= 4 is 28.0 Å². The number of rotatable bonds is 13. The number of benzene rings is 1. The molecule has 3 atom stereocenters. The largest absolute Gasteiger partial charge is 0.436 e. The molecule has 1 heterocycles. The lowest BCUT2D eigenvalue weighted by Crippen LogP contribution is -2.51. The molecule has 0 saturated carbocycles. The van der Waals surface area contributed by atoms with E-state index >= 15 is 0 Å². The predicted octanol–water partition coefficient (Wildman–Crippen LogP) is 4.39. The van der Waals surface area contributed by atoms with Crippen molar-refractivity contribution < 1.29 is 27.5 Å². The highest BCUT2D eigenvalue weighted by Crippen LogP contribution is 2.28. The van der Waals surface area contributed by atoms with Crippen LogP contribution in [0.4, 0.5) is 0 Å². The van der Waals surface area contributed by atoms with Crippen LogP contribution >= 0.6 is 0 Å². The summed E-state index contributed by atoms with van der Waals surface area (Å²) < 4.78 is 36.9.